The Labute approximate surface area is 144 Å². The van der Waals surface area contributed by atoms with Gasteiger partial charge in [-0.15, -0.1) is 0 Å². The Morgan fingerprint density at radius 1 is 1.32 bits per heavy atom. The van der Waals surface area contributed by atoms with Crippen LogP contribution < -0.4 is 0 Å². The maximum Gasteiger partial charge on any atom is 0.259 e. The molecule has 0 N–H and O–H groups in total. The van der Waals surface area contributed by atoms with Gasteiger partial charge in [0.25, 0.3) is 5.91 Å². The summed E-state index contributed by atoms with van der Waals surface area (Å²) in [5.41, 5.74) is 2.05. The van der Waals surface area contributed by atoms with E-state index >= 15 is 0 Å². The van der Waals surface area contributed by atoms with E-state index < -0.39 is 0 Å². The number of hydrogen-bond acceptors (Lipinski definition) is 6. The van der Waals surface area contributed by atoms with Crippen molar-refractivity contribution >= 4 is 11.6 Å². The SMILES string of the molecule is O=C(c1cnn2cccnc12)N1CCOC[C@@H](Cc2ccncn2)C1. The van der Waals surface area contributed by atoms with Crippen LogP contribution in [0.15, 0.2) is 43.2 Å². The molecule has 1 aliphatic rings. The zero-order valence-corrected chi connectivity index (χ0v) is 13.7. The number of carbonyl (C=O) groups excluding carboxylic acids is 1. The van der Waals surface area contributed by atoms with Crippen LogP contribution in [0.3, 0.4) is 0 Å². The molecule has 4 rings (SSSR count). The van der Waals surface area contributed by atoms with E-state index in [1.807, 2.05) is 11.0 Å². The molecular weight excluding hydrogens is 320 g/mol. The van der Waals surface area contributed by atoms with Crippen LogP contribution >= 0.6 is 0 Å². The van der Waals surface area contributed by atoms with Gasteiger partial charge in [-0.2, -0.15) is 5.10 Å². The second kappa shape index (κ2) is 6.94. The van der Waals surface area contributed by atoms with E-state index in [2.05, 4.69) is 20.1 Å². The summed E-state index contributed by atoms with van der Waals surface area (Å²) < 4.78 is 7.30. The van der Waals surface area contributed by atoms with Gasteiger partial charge >= 0.3 is 0 Å². The number of hydrogen-bond donors (Lipinski definition) is 0. The van der Waals surface area contributed by atoms with Crippen LogP contribution in [0.25, 0.3) is 5.65 Å². The zero-order chi connectivity index (χ0) is 17.1. The van der Waals surface area contributed by atoms with Crippen molar-refractivity contribution in [2.75, 3.05) is 26.3 Å². The van der Waals surface area contributed by atoms with Crippen LogP contribution in [0.2, 0.25) is 0 Å². The Kier molecular flexibility index (Phi) is 4.34. The van der Waals surface area contributed by atoms with Crippen LogP contribution in [-0.4, -0.2) is 61.7 Å². The largest absolute Gasteiger partial charge is 0.379 e. The maximum atomic E-state index is 13.0. The van der Waals surface area contributed by atoms with Gasteiger partial charge in [-0.25, -0.2) is 19.5 Å². The van der Waals surface area contributed by atoms with E-state index in [0.717, 1.165) is 12.1 Å². The molecule has 1 atom stereocenters. The van der Waals surface area contributed by atoms with Crippen LogP contribution in [0.5, 0.6) is 0 Å². The van der Waals surface area contributed by atoms with Gasteiger partial charge in [0.05, 0.1) is 19.4 Å². The summed E-state index contributed by atoms with van der Waals surface area (Å²) in [6.45, 7) is 2.32. The molecular formula is C17H18N6O2. The lowest BCUT2D eigenvalue weighted by atomic mass is 10.0. The van der Waals surface area contributed by atoms with Crippen molar-refractivity contribution in [3.8, 4) is 0 Å². The Hall–Kier alpha value is -2.87. The summed E-state index contributed by atoms with van der Waals surface area (Å²) >= 11 is 0. The van der Waals surface area contributed by atoms with Gasteiger partial charge in [0.2, 0.25) is 0 Å². The molecule has 0 radical (unpaired) electrons. The van der Waals surface area contributed by atoms with E-state index in [1.54, 1.807) is 41.7 Å². The third kappa shape index (κ3) is 3.34. The first-order chi connectivity index (χ1) is 12.3. The fourth-order valence-electron chi connectivity index (χ4n) is 3.07. The highest BCUT2D eigenvalue weighted by Crippen LogP contribution is 2.16. The van der Waals surface area contributed by atoms with Crippen LogP contribution in [-0.2, 0) is 11.2 Å². The first-order valence-electron chi connectivity index (χ1n) is 8.21. The number of amides is 1. The minimum absolute atomic E-state index is 0.0631. The molecule has 0 unspecified atom stereocenters. The van der Waals surface area contributed by atoms with Crippen molar-refractivity contribution in [3.05, 3.63) is 54.5 Å². The maximum absolute atomic E-state index is 13.0. The number of rotatable bonds is 3. The summed E-state index contributed by atoms with van der Waals surface area (Å²) in [6.07, 6.45) is 9.04. The Morgan fingerprint density at radius 2 is 2.28 bits per heavy atom. The van der Waals surface area contributed by atoms with Gasteiger partial charge in [-0.1, -0.05) is 0 Å². The highest BCUT2D eigenvalue weighted by Gasteiger charge is 2.26. The first kappa shape index (κ1) is 15.6. The molecule has 1 amide bonds. The van der Waals surface area contributed by atoms with Gasteiger partial charge in [0, 0.05) is 43.3 Å². The lowest BCUT2D eigenvalue weighted by Crippen LogP contribution is -2.36. The molecule has 1 saturated heterocycles. The van der Waals surface area contributed by atoms with Crippen LogP contribution in [0.1, 0.15) is 16.1 Å². The lowest BCUT2D eigenvalue weighted by Gasteiger charge is -2.23. The van der Waals surface area contributed by atoms with Crippen molar-refractivity contribution in [2.24, 2.45) is 5.92 Å². The Balaban J connectivity index is 1.53. The van der Waals surface area contributed by atoms with Crippen molar-refractivity contribution < 1.29 is 9.53 Å². The number of nitrogens with zero attached hydrogens (tertiary/aromatic N) is 6. The molecule has 3 aromatic rings. The first-order valence-corrected chi connectivity index (χ1v) is 8.21. The summed E-state index contributed by atoms with van der Waals surface area (Å²) in [4.78, 5) is 27.3. The highest BCUT2D eigenvalue weighted by molar-refractivity contribution is 5.99. The molecule has 0 aliphatic carbocycles. The number of ether oxygens (including phenoxy) is 1. The average molecular weight is 338 g/mol. The minimum atomic E-state index is -0.0631. The lowest BCUT2D eigenvalue weighted by molar-refractivity contribution is 0.0739. The van der Waals surface area contributed by atoms with E-state index in [1.165, 1.54) is 0 Å². The van der Waals surface area contributed by atoms with Gasteiger partial charge in [0.15, 0.2) is 5.65 Å². The molecule has 0 bridgehead atoms. The molecule has 4 heterocycles. The molecule has 25 heavy (non-hydrogen) atoms. The van der Waals surface area contributed by atoms with E-state index in [4.69, 9.17) is 4.74 Å². The van der Waals surface area contributed by atoms with Crippen molar-refractivity contribution in [3.63, 3.8) is 0 Å². The third-order valence-electron chi connectivity index (χ3n) is 4.28. The monoisotopic (exact) mass is 338 g/mol. The molecule has 8 heteroatoms. The van der Waals surface area contributed by atoms with Crippen LogP contribution in [0.4, 0.5) is 0 Å². The third-order valence-corrected chi connectivity index (χ3v) is 4.28. The Morgan fingerprint density at radius 3 is 3.16 bits per heavy atom. The summed E-state index contributed by atoms with van der Waals surface area (Å²) in [7, 11) is 0. The van der Waals surface area contributed by atoms with Gasteiger partial charge in [0.1, 0.15) is 11.9 Å². The highest BCUT2D eigenvalue weighted by atomic mass is 16.5. The molecule has 128 valence electrons. The van der Waals surface area contributed by atoms with Gasteiger partial charge < -0.3 is 9.64 Å². The van der Waals surface area contributed by atoms with Gasteiger partial charge in [-0.3, -0.25) is 4.79 Å². The van der Waals surface area contributed by atoms with Gasteiger partial charge in [-0.05, 0) is 18.6 Å². The standard InChI is InChI=1S/C17H18N6O2/c24-17(15-9-21-23-5-1-3-19-16(15)23)22-6-7-25-11-13(10-22)8-14-2-4-18-12-20-14/h1-5,9,12-13H,6-8,10-11H2/t13-/m0/s1. The number of carbonyl (C=O) groups is 1. The quantitative estimate of drug-likeness (QED) is 0.704. The summed E-state index contributed by atoms with van der Waals surface area (Å²) in [6, 6.07) is 3.68. The second-order valence-corrected chi connectivity index (χ2v) is 6.04. The molecule has 0 saturated carbocycles. The van der Waals surface area contributed by atoms with Crippen molar-refractivity contribution in [1.29, 1.82) is 0 Å². The van der Waals surface area contributed by atoms with Crippen molar-refractivity contribution in [1.82, 2.24) is 29.5 Å². The molecule has 1 fully saturated rings. The second-order valence-electron chi connectivity index (χ2n) is 6.04. The predicted octanol–water partition coefficient (Wildman–Crippen LogP) is 0.851. The Bertz CT molecular complexity index is 866. The topological polar surface area (TPSA) is 85.5 Å². The molecule has 1 aliphatic heterocycles. The predicted molar refractivity (Wildman–Crippen MR) is 88.9 cm³/mol. The van der Waals surface area contributed by atoms with Crippen LogP contribution in [0, 0.1) is 5.92 Å². The van der Waals surface area contributed by atoms with E-state index in [-0.39, 0.29) is 11.8 Å². The number of fused-ring (bicyclic) bond motifs is 1. The average Bonchev–Trinajstić information content (AvgIpc) is 2.94. The fraction of sp³-hybridized carbons (Fsp3) is 0.353. The fourth-order valence-corrected chi connectivity index (χ4v) is 3.07. The molecule has 3 aromatic heterocycles. The molecule has 0 aromatic carbocycles. The van der Waals surface area contributed by atoms with E-state index in [0.29, 0.717) is 37.5 Å². The molecule has 8 nitrogen and oxygen atoms in total. The smallest absolute Gasteiger partial charge is 0.259 e. The van der Waals surface area contributed by atoms with Crippen molar-refractivity contribution in [2.45, 2.75) is 6.42 Å². The minimum Gasteiger partial charge on any atom is -0.379 e. The summed E-state index contributed by atoms with van der Waals surface area (Å²) in [5.74, 6) is 0.128. The normalized spacial score (nSPS) is 18.2. The van der Waals surface area contributed by atoms with E-state index in [9.17, 15) is 4.79 Å². The zero-order valence-electron chi connectivity index (χ0n) is 13.7. The molecule has 0 spiro atoms. The number of aromatic nitrogens is 5. The summed E-state index contributed by atoms with van der Waals surface area (Å²) in [5, 5.41) is 4.20.